The highest BCUT2D eigenvalue weighted by Crippen LogP contribution is 2.21. The second-order valence-electron chi connectivity index (χ2n) is 6.99. The van der Waals surface area contributed by atoms with Crippen LogP contribution in [0.3, 0.4) is 0 Å². The molecular formula is C19H28N4O3. The smallest absolute Gasteiger partial charge is 0.234 e. The van der Waals surface area contributed by atoms with E-state index in [4.69, 9.17) is 0 Å². The number of benzene rings is 1. The summed E-state index contributed by atoms with van der Waals surface area (Å²) in [5.74, 6) is -0.0680. The molecule has 1 aliphatic rings. The first kappa shape index (κ1) is 19.9. The molecule has 0 unspecified atom stereocenters. The topological polar surface area (TPSA) is 81.8 Å². The maximum Gasteiger partial charge on any atom is 0.234 e. The minimum Gasteiger partial charge on any atom is -0.353 e. The van der Waals surface area contributed by atoms with Gasteiger partial charge in [-0.2, -0.15) is 0 Å². The molecule has 1 aromatic carbocycles. The summed E-state index contributed by atoms with van der Waals surface area (Å²) in [6.45, 7) is 5.33. The van der Waals surface area contributed by atoms with Crippen molar-refractivity contribution in [2.45, 2.75) is 39.3 Å². The van der Waals surface area contributed by atoms with Crippen LogP contribution in [0.15, 0.2) is 24.3 Å². The Labute approximate surface area is 154 Å². The highest BCUT2D eigenvalue weighted by Gasteiger charge is 2.21. The van der Waals surface area contributed by atoms with Gasteiger partial charge in [-0.25, -0.2) is 0 Å². The Morgan fingerprint density at radius 1 is 1.15 bits per heavy atom. The van der Waals surface area contributed by atoms with Crippen molar-refractivity contribution < 1.29 is 14.4 Å². The molecule has 1 saturated heterocycles. The number of nitrogens with one attached hydrogen (secondary N) is 2. The minimum absolute atomic E-state index is 0.0866. The van der Waals surface area contributed by atoms with Crippen molar-refractivity contribution in [3.05, 3.63) is 29.8 Å². The molecule has 0 aromatic heterocycles. The van der Waals surface area contributed by atoms with Gasteiger partial charge in [0, 0.05) is 31.2 Å². The molecule has 7 heteroatoms. The van der Waals surface area contributed by atoms with Crippen LogP contribution in [0.25, 0.3) is 0 Å². The molecule has 1 aliphatic heterocycles. The lowest BCUT2D eigenvalue weighted by Gasteiger charge is -2.17. The lowest BCUT2D eigenvalue weighted by Crippen LogP contribution is -2.42. The number of hydrogen-bond donors (Lipinski definition) is 2. The van der Waals surface area contributed by atoms with Crippen LogP contribution in [0, 0.1) is 0 Å². The lowest BCUT2D eigenvalue weighted by molar-refractivity contribution is -0.125. The largest absolute Gasteiger partial charge is 0.353 e. The maximum absolute atomic E-state index is 12.0. The molecular weight excluding hydrogens is 332 g/mol. The first-order valence-corrected chi connectivity index (χ1v) is 8.99. The van der Waals surface area contributed by atoms with E-state index < -0.39 is 0 Å². The van der Waals surface area contributed by atoms with E-state index in [1.165, 1.54) is 0 Å². The zero-order valence-corrected chi connectivity index (χ0v) is 15.7. The van der Waals surface area contributed by atoms with Gasteiger partial charge >= 0.3 is 0 Å². The zero-order chi connectivity index (χ0) is 19.1. The Morgan fingerprint density at radius 3 is 2.38 bits per heavy atom. The van der Waals surface area contributed by atoms with E-state index in [-0.39, 0.29) is 36.9 Å². The summed E-state index contributed by atoms with van der Waals surface area (Å²) in [5, 5.41) is 5.64. The third-order valence-electron chi connectivity index (χ3n) is 4.09. The lowest BCUT2D eigenvalue weighted by atomic mass is 10.2. The number of nitrogens with zero attached hydrogens (tertiary/aromatic N) is 2. The summed E-state index contributed by atoms with van der Waals surface area (Å²) in [4.78, 5) is 38.9. The van der Waals surface area contributed by atoms with Crippen LogP contribution in [-0.2, 0) is 20.9 Å². The van der Waals surface area contributed by atoms with E-state index in [0.29, 0.717) is 13.0 Å². The monoisotopic (exact) mass is 360 g/mol. The molecule has 0 spiro atoms. The van der Waals surface area contributed by atoms with E-state index in [1.54, 1.807) is 16.8 Å². The molecule has 0 aliphatic carbocycles. The summed E-state index contributed by atoms with van der Waals surface area (Å²) in [7, 11) is 1.74. The average Bonchev–Trinajstić information content (AvgIpc) is 2.98. The first-order valence-electron chi connectivity index (χ1n) is 8.99. The Hall–Kier alpha value is -2.41. The molecule has 1 heterocycles. The van der Waals surface area contributed by atoms with Crippen molar-refractivity contribution >= 4 is 23.4 Å². The van der Waals surface area contributed by atoms with Crippen molar-refractivity contribution in [3.63, 3.8) is 0 Å². The van der Waals surface area contributed by atoms with Crippen molar-refractivity contribution in [1.29, 1.82) is 0 Å². The fraction of sp³-hybridized carbons (Fsp3) is 0.526. The molecule has 2 rings (SSSR count). The SMILES string of the molecule is CC(C)NC(=O)CN(C)CC(=O)NCc1ccc(N2CCCC2=O)cc1. The summed E-state index contributed by atoms with van der Waals surface area (Å²) in [5.41, 5.74) is 1.87. The number of rotatable bonds is 8. The van der Waals surface area contributed by atoms with Crippen LogP contribution in [0.4, 0.5) is 5.69 Å². The fourth-order valence-electron chi connectivity index (χ4n) is 2.89. The molecule has 3 amide bonds. The Morgan fingerprint density at radius 2 is 1.81 bits per heavy atom. The fourth-order valence-corrected chi connectivity index (χ4v) is 2.89. The Kier molecular flexibility index (Phi) is 7.15. The highest BCUT2D eigenvalue weighted by molar-refractivity contribution is 5.95. The predicted molar refractivity (Wildman–Crippen MR) is 101 cm³/mol. The third-order valence-corrected chi connectivity index (χ3v) is 4.09. The molecule has 1 fully saturated rings. The van der Waals surface area contributed by atoms with Crippen LogP contribution >= 0.6 is 0 Å². The van der Waals surface area contributed by atoms with Gasteiger partial charge in [-0.15, -0.1) is 0 Å². The number of amides is 3. The van der Waals surface area contributed by atoms with Crippen LogP contribution in [-0.4, -0.2) is 55.3 Å². The Balaban J connectivity index is 1.75. The van der Waals surface area contributed by atoms with Gasteiger partial charge in [0.25, 0.3) is 0 Å². The first-order chi connectivity index (χ1) is 12.3. The average molecular weight is 360 g/mol. The molecule has 0 atom stereocenters. The standard InChI is InChI=1S/C19H28N4O3/c1-14(2)21-18(25)13-22(3)12-17(24)20-11-15-6-8-16(9-7-15)23-10-4-5-19(23)26/h6-9,14H,4-5,10-13H2,1-3H3,(H,20,24)(H,21,25). The second kappa shape index (κ2) is 9.33. The van der Waals surface area contributed by atoms with Gasteiger partial charge in [0.1, 0.15) is 0 Å². The molecule has 26 heavy (non-hydrogen) atoms. The van der Waals surface area contributed by atoms with Gasteiger partial charge in [0.15, 0.2) is 0 Å². The van der Waals surface area contributed by atoms with Crippen LogP contribution < -0.4 is 15.5 Å². The van der Waals surface area contributed by atoms with Crippen LogP contribution in [0.2, 0.25) is 0 Å². The minimum atomic E-state index is -0.136. The number of carbonyl (C=O) groups excluding carboxylic acids is 3. The van der Waals surface area contributed by atoms with Gasteiger partial charge in [-0.05, 0) is 45.0 Å². The van der Waals surface area contributed by atoms with Crippen molar-refractivity contribution in [2.24, 2.45) is 0 Å². The summed E-state index contributed by atoms with van der Waals surface area (Å²) in [6, 6.07) is 7.74. The molecule has 0 saturated carbocycles. The van der Waals surface area contributed by atoms with E-state index in [2.05, 4.69) is 10.6 Å². The van der Waals surface area contributed by atoms with Crippen molar-refractivity contribution in [3.8, 4) is 0 Å². The number of likely N-dealkylation sites (N-methyl/N-ethyl adjacent to an activating group) is 1. The van der Waals surface area contributed by atoms with Gasteiger partial charge < -0.3 is 15.5 Å². The zero-order valence-electron chi connectivity index (χ0n) is 15.7. The number of carbonyl (C=O) groups is 3. The van der Waals surface area contributed by atoms with E-state index in [0.717, 1.165) is 24.2 Å². The van der Waals surface area contributed by atoms with Crippen LogP contribution in [0.5, 0.6) is 0 Å². The van der Waals surface area contributed by atoms with Crippen molar-refractivity contribution in [2.75, 3.05) is 31.6 Å². The number of anilines is 1. The summed E-state index contributed by atoms with van der Waals surface area (Å²) >= 11 is 0. The van der Waals surface area contributed by atoms with E-state index >= 15 is 0 Å². The predicted octanol–water partition coefficient (Wildman–Crippen LogP) is 0.886. The molecule has 7 nitrogen and oxygen atoms in total. The Bertz CT molecular complexity index is 643. The van der Waals surface area contributed by atoms with Gasteiger partial charge in [0.2, 0.25) is 17.7 Å². The van der Waals surface area contributed by atoms with Gasteiger partial charge in [0.05, 0.1) is 13.1 Å². The quantitative estimate of drug-likeness (QED) is 0.721. The molecule has 0 radical (unpaired) electrons. The molecule has 1 aromatic rings. The molecule has 2 N–H and O–H groups in total. The normalized spacial score (nSPS) is 14.2. The maximum atomic E-state index is 12.0. The number of hydrogen-bond acceptors (Lipinski definition) is 4. The third kappa shape index (κ3) is 6.15. The summed E-state index contributed by atoms with van der Waals surface area (Å²) < 4.78 is 0. The molecule has 142 valence electrons. The van der Waals surface area contributed by atoms with E-state index in [1.807, 2.05) is 38.1 Å². The van der Waals surface area contributed by atoms with E-state index in [9.17, 15) is 14.4 Å². The van der Waals surface area contributed by atoms with Crippen molar-refractivity contribution in [1.82, 2.24) is 15.5 Å². The van der Waals surface area contributed by atoms with Gasteiger partial charge in [-0.1, -0.05) is 12.1 Å². The summed E-state index contributed by atoms with van der Waals surface area (Å²) in [6.07, 6.45) is 1.51. The van der Waals surface area contributed by atoms with Gasteiger partial charge in [-0.3, -0.25) is 19.3 Å². The van der Waals surface area contributed by atoms with Crippen LogP contribution in [0.1, 0.15) is 32.3 Å². The molecule has 0 bridgehead atoms. The highest BCUT2D eigenvalue weighted by atomic mass is 16.2. The second-order valence-corrected chi connectivity index (χ2v) is 6.99.